The molecule has 1 fully saturated rings. The minimum Gasteiger partial charge on any atom is -0.340 e. The number of benzene rings is 1. The third-order valence-electron chi connectivity index (χ3n) is 4.15. The van der Waals surface area contributed by atoms with Gasteiger partial charge in [0, 0.05) is 31.1 Å². The van der Waals surface area contributed by atoms with Crippen molar-refractivity contribution in [2.24, 2.45) is 0 Å². The maximum absolute atomic E-state index is 12.3. The number of hydrogen-bond donors (Lipinski definition) is 1. The van der Waals surface area contributed by atoms with Gasteiger partial charge in [-0.3, -0.25) is 14.5 Å². The highest BCUT2D eigenvalue weighted by Gasteiger charge is 2.22. The van der Waals surface area contributed by atoms with Crippen molar-refractivity contribution in [2.75, 3.05) is 38.0 Å². The molecule has 1 saturated heterocycles. The van der Waals surface area contributed by atoms with E-state index in [1.54, 1.807) is 23.5 Å². The predicted molar refractivity (Wildman–Crippen MR) is 101 cm³/mol. The molecule has 2 aromatic rings. The number of anilines is 1. The highest BCUT2D eigenvalue weighted by atomic mass is 35.5. The van der Waals surface area contributed by atoms with Crippen LogP contribution in [0.25, 0.3) is 0 Å². The molecule has 0 spiro atoms. The van der Waals surface area contributed by atoms with Crippen LogP contribution in [0.3, 0.4) is 0 Å². The maximum atomic E-state index is 12.3. The van der Waals surface area contributed by atoms with E-state index < -0.39 is 0 Å². The Morgan fingerprint density at radius 2 is 1.84 bits per heavy atom. The molecule has 1 aliphatic rings. The van der Waals surface area contributed by atoms with E-state index >= 15 is 0 Å². The van der Waals surface area contributed by atoms with E-state index in [1.807, 2.05) is 34.5 Å². The van der Waals surface area contributed by atoms with Gasteiger partial charge >= 0.3 is 0 Å². The van der Waals surface area contributed by atoms with Gasteiger partial charge in [0.15, 0.2) is 0 Å². The van der Waals surface area contributed by atoms with Gasteiger partial charge in [-0.25, -0.2) is 0 Å². The number of rotatable bonds is 5. The first-order chi connectivity index (χ1) is 12.1. The second-order valence-corrected chi connectivity index (χ2v) is 7.38. The number of halogens is 1. The summed E-state index contributed by atoms with van der Waals surface area (Å²) in [5.74, 6) is 0.0640. The minimum atomic E-state index is -0.0912. The zero-order valence-corrected chi connectivity index (χ0v) is 15.4. The molecule has 25 heavy (non-hydrogen) atoms. The second-order valence-electron chi connectivity index (χ2n) is 5.94. The molecular formula is C18H20ClN3O2S. The van der Waals surface area contributed by atoms with Crippen LogP contribution in [0.2, 0.25) is 5.02 Å². The van der Waals surface area contributed by atoms with Crippen molar-refractivity contribution >= 4 is 40.4 Å². The number of piperazine rings is 1. The molecule has 1 N–H and O–H groups in total. The average Bonchev–Trinajstić information content (AvgIpc) is 3.10. The van der Waals surface area contributed by atoms with E-state index in [4.69, 9.17) is 11.6 Å². The van der Waals surface area contributed by atoms with Crippen molar-refractivity contribution in [3.63, 3.8) is 0 Å². The molecule has 1 aromatic heterocycles. The van der Waals surface area contributed by atoms with Crippen LogP contribution in [0.1, 0.15) is 4.88 Å². The summed E-state index contributed by atoms with van der Waals surface area (Å²) in [6.07, 6.45) is 0.463. The third kappa shape index (κ3) is 5.04. The summed E-state index contributed by atoms with van der Waals surface area (Å²) < 4.78 is 0. The molecule has 0 bridgehead atoms. The van der Waals surface area contributed by atoms with E-state index in [9.17, 15) is 9.59 Å². The molecule has 2 amide bonds. The number of para-hydroxylation sites is 1. The van der Waals surface area contributed by atoms with E-state index in [2.05, 4.69) is 10.2 Å². The van der Waals surface area contributed by atoms with Crippen LogP contribution >= 0.6 is 22.9 Å². The number of carbonyl (C=O) groups excluding carboxylic acids is 2. The van der Waals surface area contributed by atoms with Gasteiger partial charge in [-0.2, -0.15) is 0 Å². The van der Waals surface area contributed by atoms with Crippen molar-refractivity contribution in [1.82, 2.24) is 9.80 Å². The van der Waals surface area contributed by atoms with Crippen molar-refractivity contribution < 1.29 is 9.59 Å². The van der Waals surface area contributed by atoms with Crippen LogP contribution in [-0.4, -0.2) is 54.3 Å². The Morgan fingerprint density at radius 3 is 2.52 bits per heavy atom. The summed E-state index contributed by atoms with van der Waals surface area (Å²) in [6.45, 7) is 3.02. The third-order valence-corrected chi connectivity index (χ3v) is 5.35. The molecule has 1 aromatic carbocycles. The molecule has 2 heterocycles. The Hall–Kier alpha value is -1.89. The molecule has 0 atom stereocenters. The lowest BCUT2D eigenvalue weighted by atomic mass is 10.2. The quantitative estimate of drug-likeness (QED) is 0.871. The van der Waals surface area contributed by atoms with Gasteiger partial charge in [0.1, 0.15) is 0 Å². The molecule has 0 saturated carbocycles. The van der Waals surface area contributed by atoms with Gasteiger partial charge in [0.25, 0.3) is 0 Å². The lowest BCUT2D eigenvalue weighted by molar-refractivity contribution is -0.132. The highest BCUT2D eigenvalue weighted by Crippen LogP contribution is 2.20. The molecule has 0 radical (unpaired) electrons. The lowest BCUT2D eigenvalue weighted by Crippen LogP contribution is -2.50. The highest BCUT2D eigenvalue weighted by molar-refractivity contribution is 7.10. The summed E-state index contributed by atoms with van der Waals surface area (Å²) in [7, 11) is 0. The summed E-state index contributed by atoms with van der Waals surface area (Å²) in [4.78, 5) is 29.5. The van der Waals surface area contributed by atoms with Crippen LogP contribution in [0, 0.1) is 0 Å². The van der Waals surface area contributed by atoms with Crippen molar-refractivity contribution in [3.8, 4) is 0 Å². The van der Waals surface area contributed by atoms with Crippen LogP contribution in [0.15, 0.2) is 41.8 Å². The Balaban J connectivity index is 1.43. The zero-order chi connectivity index (χ0) is 17.6. The van der Waals surface area contributed by atoms with E-state index in [0.717, 1.165) is 4.88 Å². The maximum Gasteiger partial charge on any atom is 0.238 e. The standard InChI is InChI=1S/C18H20ClN3O2S/c19-15-5-1-2-6-16(15)20-17(23)13-21-7-9-22(10-8-21)18(24)12-14-4-3-11-25-14/h1-6,11H,7-10,12-13H2,(H,20,23). The SMILES string of the molecule is O=C(CN1CCN(C(=O)Cc2cccs2)CC1)Nc1ccccc1Cl. The number of carbonyl (C=O) groups is 2. The zero-order valence-electron chi connectivity index (χ0n) is 13.8. The topological polar surface area (TPSA) is 52.7 Å². The smallest absolute Gasteiger partial charge is 0.238 e. The van der Waals surface area contributed by atoms with E-state index in [-0.39, 0.29) is 11.8 Å². The van der Waals surface area contributed by atoms with Gasteiger partial charge in [0.05, 0.1) is 23.7 Å². The summed E-state index contributed by atoms with van der Waals surface area (Å²) >= 11 is 7.66. The molecule has 0 aliphatic carbocycles. The normalized spacial score (nSPS) is 15.2. The number of amides is 2. The van der Waals surface area contributed by atoms with Gasteiger partial charge in [0.2, 0.25) is 11.8 Å². The first-order valence-corrected chi connectivity index (χ1v) is 9.44. The number of nitrogens with zero attached hydrogens (tertiary/aromatic N) is 2. The second kappa shape index (κ2) is 8.47. The molecule has 3 rings (SSSR count). The first-order valence-electron chi connectivity index (χ1n) is 8.19. The largest absolute Gasteiger partial charge is 0.340 e. The monoisotopic (exact) mass is 377 g/mol. The van der Waals surface area contributed by atoms with E-state index in [0.29, 0.717) is 49.9 Å². The lowest BCUT2D eigenvalue weighted by Gasteiger charge is -2.34. The molecule has 132 valence electrons. The number of nitrogens with one attached hydrogen (secondary N) is 1. The van der Waals surface area contributed by atoms with E-state index in [1.165, 1.54) is 0 Å². The Labute approximate surface area is 156 Å². The Kier molecular flexibility index (Phi) is 6.07. The van der Waals surface area contributed by atoms with Crippen LogP contribution in [0.5, 0.6) is 0 Å². The fourth-order valence-corrected chi connectivity index (χ4v) is 3.66. The number of hydrogen-bond acceptors (Lipinski definition) is 4. The van der Waals surface area contributed by atoms with Crippen LogP contribution < -0.4 is 5.32 Å². The Bertz CT molecular complexity index is 728. The van der Waals surface area contributed by atoms with Crippen molar-refractivity contribution in [3.05, 3.63) is 51.7 Å². The fourth-order valence-electron chi connectivity index (χ4n) is 2.78. The first kappa shape index (κ1) is 17.9. The van der Waals surface area contributed by atoms with Crippen molar-refractivity contribution in [2.45, 2.75) is 6.42 Å². The minimum absolute atomic E-state index is 0.0912. The predicted octanol–water partition coefficient (Wildman–Crippen LogP) is 2.73. The van der Waals surface area contributed by atoms with Gasteiger partial charge in [-0.1, -0.05) is 29.8 Å². The molecule has 7 heteroatoms. The van der Waals surface area contributed by atoms with Crippen molar-refractivity contribution in [1.29, 1.82) is 0 Å². The van der Waals surface area contributed by atoms with Gasteiger partial charge in [-0.05, 0) is 23.6 Å². The molecular weight excluding hydrogens is 358 g/mol. The summed E-state index contributed by atoms with van der Waals surface area (Å²) in [5, 5.41) is 5.34. The fraction of sp³-hybridized carbons (Fsp3) is 0.333. The average molecular weight is 378 g/mol. The molecule has 1 aliphatic heterocycles. The van der Waals surface area contributed by atoms with Crippen LogP contribution in [-0.2, 0) is 16.0 Å². The van der Waals surface area contributed by atoms with Gasteiger partial charge < -0.3 is 10.2 Å². The van der Waals surface area contributed by atoms with Gasteiger partial charge in [-0.15, -0.1) is 11.3 Å². The molecule has 0 unspecified atom stereocenters. The van der Waals surface area contributed by atoms with Crippen LogP contribution in [0.4, 0.5) is 5.69 Å². The summed E-state index contributed by atoms with van der Waals surface area (Å²) in [6, 6.07) is 11.1. The molecule has 5 nitrogen and oxygen atoms in total. The number of thiophene rings is 1. The summed E-state index contributed by atoms with van der Waals surface area (Å²) in [5.41, 5.74) is 0.624. The Morgan fingerprint density at radius 1 is 1.08 bits per heavy atom.